The zero-order valence-corrected chi connectivity index (χ0v) is 16.2. The molecule has 2 heterocycles. The number of esters is 1. The molecule has 0 amide bonds. The number of hydroxylamine groups is 1. The third kappa shape index (κ3) is 2.37. The van der Waals surface area contributed by atoms with Crippen molar-refractivity contribution < 1.29 is 35.4 Å². The SMILES string of the molecule is COC(=O)[C@]12[C@@H]3CCC[C@H]1N(S(=O)(=O)c1ccc(OC)cc1)OS(=O)(=O)N32. The third-order valence-corrected chi connectivity index (χ3v) is 8.47. The van der Waals surface area contributed by atoms with Crippen molar-refractivity contribution in [2.45, 2.75) is 41.8 Å². The summed E-state index contributed by atoms with van der Waals surface area (Å²) in [4.78, 5) is 12.3. The van der Waals surface area contributed by atoms with E-state index in [1.807, 2.05) is 0 Å². The molecule has 4 rings (SSSR count). The van der Waals surface area contributed by atoms with E-state index in [-0.39, 0.29) is 11.3 Å². The van der Waals surface area contributed by atoms with Crippen LogP contribution in [0.4, 0.5) is 0 Å². The summed E-state index contributed by atoms with van der Waals surface area (Å²) >= 11 is 0. The molecule has 1 aromatic carbocycles. The minimum atomic E-state index is -4.45. The number of carbonyl (C=O) groups is 1. The van der Waals surface area contributed by atoms with E-state index in [0.717, 1.165) is 11.4 Å². The fourth-order valence-corrected chi connectivity index (χ4v) is 7.56. The number of carbonyl (C=O) groups excluding carboxylic acids is 1. The Morgan fingerprint density at radius 2 is 1.81 bits per heavy atom. The van der Waals surface area contributed by atoms with Crippen LogP contribution in [0, 0.1) is 0 Å². The largest absolute Gasteiger partial charge is 0.497 e. The first kappa shape index (κ1) is 18.6. The van der Waals surface area contributed by atoms with Crippen molar-refractivity contribution in [3.05, 3.63) is 24.3 Å². The normalized spacial score (nSPS) is 34.4. The summed E-state index contributed by atoms with van der Waals surface area (Å²) < 4.78 is 67.5. The Bertz CT molecular complexity index is 991. The van der Waals surface area contributed by atoms with Gasteiger partial charge in [0.25, 0.3) is 10.0 Å². The van der Waals surface area contributed by atoms with Gasteiger partial charge in [-0.25, -0.2) is 13.2 Å². The molecule has 0 bridgehead atoms. The van der Waals surface area contributed by atoms with Crippen LogP contribution in [0.15, 0.2) is 29.2 Å². The fourth-order valence-electron chi connectivity index (χ4n) is 4.14. The van der Waals surface area contributed by atoms with Gasteiger partial charge in [-0.3, -0.25) is 0 Å². The van der Waals surface area contributed by atoms with Crippen molar-refractivity contribution in [2.75, 3.05) is 14.2 Å². The molecule has 10 nitrogen and oxygen atoms in total. The van der Waals surface area contributed by atoms with Crippen LogP contribution < -0.4 is 4.74 Å². The highest BCUT2D eigenvalue weighted by molar-refractivity contribution is 7.90. The van der Waals surface area contributed by atoms with E-state index >= 15 is 0 Å². The Morgan fingerprint density at radius 1 is 1.19 bits per heavy atom. The van der Waals surface area contributed by atoms with Crippen molar-refractivity contribution in [3.8, 4) is 5.75 Å². The van der Waals surface area contributed by atoms with Crippen LogP contribution in [0.5, 0.6) is 5.75 Å². The van der Waals surface area contributed by atoms with Crippen molar-refractivity contribution in [1.82, 2.24) is 8.77 Å². The van der Waals surface area contributed by atoms with Gasteiger partial charge in [0, 0.05) is 0 Å². The van der Waals surface area contributed by atoms with Crippen molar-refractivity contribution in [1.29, 1.82) is 0 Å². The number of hydrogen-bond acceptors (Lipinski definition) is 8. The molecule has 27 heavy (non-hydrogen) atoms. The molecule has 1 unspecified atom stereocenters. The first-order valence-corrected chi connectivity index (χ1v) is 11.0. The summed E-state index contributed by atoms with van der Waals surface area (Å²) in [5.41, 5.74) is -1.57. The topological polar surface area (TPSA) is 119 Å². The van der Waals surface area contributed by atoms with E-state index in [2.05, 4.69) is 0 Å². The second-order valence-corrected chi connectivity index (χ2v) is 9.72. The number of nitrogens with zero attached hydrogens (tertiary/aromatic N) is 2. The van der Waals surface area contributed by atoms with E-state index in [0.29, 0.717) is 23.1 Å². The maximum Gasteiger partial charge on any atom is 0.357 e. The standard InChI is InChI=1S/C15H18N2O8S2/c1-23-10-6-8-11(9-7-10)26(19,20)17-13-5-3-4-12-15(13,14(18)24-2)16(12)27(21,22)25-17/h6-9,12-13H,3-5H2,1-2H3/t12-,13+,15-,16?/m0/s1. The van der Waals surface area contributed by atoms with Gasteiger partial charge in [-0.15, -0.1) is 4.28 Å². The summed E-state index contributed by atoms with van der Waals surface area (Å²) in [6.45, 7) is 0. The predicted octanol–water partition coefficient (Wildman–Crippen LogP) is 0.0244. The van der Waals surface area contributed by atoms with Gasteiger partial charge >= 0.3 is 16.3 Å². The molecule has 1 saturated carbocycles. The summed E-state index contributed by atoms with van der Waals surface area (Å²) in [7, 11) is -6.22. The minimum absolute atomic E-state index is 0.172. The summed E-state index contributed by atoms with van der Waals surface area (Å²) in [5.74, 6) is -0.336. The van der Waals surface area contributed by atoms with E-state index in [1.54, 1.807) is 0 Å². The minimum Gasteiger partial charge on any atom is -0.497 e. The third-order valence-electron chi connectivity index (χ3n) is 5.32. The van der Waals surface area contributed by atoms with Crippen molar-refractivity contribution in [3.63, 3.8) is 0 Å². The zero-order valence-electron chi connectivity index (χ0n) is 14.6. The quantitative estimate of drug-likeness (QED) is 0.496. The lowest BCUT2D eigenvalue weighted by Crippen LogP contribution is -2.60. The lowest BCUT2D eigenvalue weighted by Gasteiger charge is -2.37. The van der Waals surface area contributed by atoms with Gasteiger partial charge in [-0.2, -0.15) is 12.7 Å². The van der Waals surface area contributed by atoms with E-state index < -0.39 is 43.9 Å². The maximum atomic E-state index is 13.1. The molecular weight excluding hydrogens is 400 g/mol. The Morgan fingerprint density at radius 3 is 2.41 bits per heavy atom. The Balaban J connectivity index is 1.81. The van der Waals surface area contributed by atoms with Gasteiger partial charge in [0.15, 0.2) is 5.54 Å². The molecule has 2 aliphatic heterocycles. The Labute approximate surface area is 156 Å². The summed E-state index contributed by atoms with van der Waals surface area (Å²) in [6.07, 6.45) is 1.26. The average Bonchev–Trinajstić information content (AvgIpc) is 3.36. The van der Waals surface area contributed by atoms with Gasteiger partial charge in [-0.05, 0) is 43.5 Å². The number of fused-ring (bicyclic) bond motifs is 1. The molecular formula is C15H18N2O8S2. The van der Waals surface area contributed by atoms with Gasteiger partial charge < -0.3 is 9.47 Å². The molecule has 0 N–H and O–H groups in total. The first-order chi connectivity index (χ1) is 12.7. The fraction of sp³-hybridized carbons (Fsp3) is 0.533. The number of benzene rings is 1. The molecule has 0 spiro atoms. The van der Waals surface area contributed by atoms with Gasteiger partial charge in [0.2, 0.25) is 0 Å². The van der Waals surface area contributed by atoms with Crippen LogP contribution in [0.3, 0.4) is 0 Å². The van der Waals surface area contributed by atoms with Gasteiger partial charge in [-0.1, -0.05) is 4.47 Å². The number of ether oxygens (including phenoxy) is 2. The summed E-state index contributed by atoms with van der Waals surface area (Å²) in [6, 6.07) is 3.79. The van der Waals surface area contributed by atoms with Crippen LogP contribution >= 0.6 is 0 Å². The van der Waals surface area contributed by atoms with Crippen molar-refractivity contribution in [2.24, 2.45) is 0 Å². The lowest BCUT2D eigenvalue weighted by molar-refractivity contribution is -0.152. The van der Waals surface area contributed by atoms with Crippen LogP contribution in [-0.2, 0) is 34.1 Å². The first-order valence-electron chi connectivity index (χ1n) is 8.22. The van der Waals surface area contributed by atoms with Crippen LogP contribution in [0.2, 0.25) is 0 Å². The zero-order chi connectivity index (χ0) is 19.6. The number of rotatable bonds is 4. The molecule has 0 radical (unpaired) electrons. The molecule has 1 aromatic rings. The predicted molar refractivity (Wildman–Crippen MR) is 90.0 cm³/mol. The molecule has 12 heteroatoms. The Kier molecular flexibility index (Phi) is 4.06. The highest BCUT2D eigenvalue weighted by Gasteiger charge is 2.83. The van der Waals surface area contributed by atoms with Gasteiger partial charge in [0.05, 0.1) is 31.2 Å². The highest BCUT2D eigenvalue weighted by atomic mass is 32.2. The lowest BCUT2D eigenvalue weighted by atomic mass is 9.84. The Hall–Kier alpha value is -1.73. The molecule has 3 aliphatic rings. The number of hydrogen-bond donors (Lipinski definition) is 0. The molecule has 3 fully saturated rings. The smallest absolute Gasteiger partial charge is 0.357 e. The van der Waals surface area contributed by atoms with Gasteiger partial charge in [0.1, 0.15) is 5.75 Å². The monoisotopic (exact) mass is 418 g/mol. The molecule has 148 valence electrons. The molecule has 4 atom stereocenters. The van der Waals surface area contributed by atoms with E-state index in [1.165, 1.54) is 31.4 Å². The van der Waals surface area contributed by atoms with E-state index in [4.69, 9.17) is 13.8 Å². The van der Waals surface area contributed by atoms with E-state index in [9.17, 15) is 21.6 Å². The average molecular weight is 418 g/mol. The van der Waals surface area contributed by atoms with Crippen LogP contribution in [0.1, 0.15) is 19.3 Å². The number of methoxy groups -OCH3 is 2. The summed E-state index contributed by atoms with van der Waals surface area (Å²) in [5, 5.41) is 0. The maximum absolute atomic E-state index is 13.1. The van der Waals surface area contributed by atoms with Crippen LogP contribution in [-0.4, -0.2) is 63.4 Å². The number of sulfonamides is 1. The molecule has 2 saturated heterocycles. The second-order valence-electron chi connectivity index (χ2n) is 6.54. The van der Waals surface area contributed by atoms with Crippen LogP contribution in [0.25, 0.3) is 0 Å². The highest BCUT2D eigenvalue weighted by Crippen LogP contribution is 2.59. The molecule has 1 aliphatic carbocycles. The second kappa shape index (κ2) is 5.88. The molecule has 0 aromatic heterocycles. The van der Waals surface area contributed by atoms with Crippen molar-refractivity contribution >= 4 is 26.3 Å².